The van der Waals surface area contributed by atoms with Crippen molar-refractivity contribution in [2.75, 3.05) is 4.72 Å². The highest BCUT2D eigenvalue weighted by molar-refractivity contribution is 7.93. The fourth-order valence-electron chi connectivity index (χ4n) is 2.52. The van der Waals surface area contributed by atoms with Crippen LogP contribution < -0.4 is 4.72 Å². The summed E-state index contributed by atoms with van der Waals surface area (Å²) in [6.07, 6.45) is 0. The second-order valence-electron chi connectivity index (χ2n) is 5.75. The van der Waals surface area contributed by atoms with Crippen LogP contribution in [0.15, 0.2) is 35.2 Å². The van der Waals surface area contributed by atoms with Gasteiger partial charge in [-0.05, 0) is 62.1 Å². The van der Waals surface area contributed by atoms with Gasteiger partial charge in [0.2, 0.25) is 0 Å². The van der Waals surface area contributed by atoms with E-state index in [0.717, 1.165) is 32.5 Å². The fraction of sp³-hybridized carbons (Fsp3) is 0.235. The summed E-state index contributed by atoms with van der Waals surface area (Å²) >= 11 is 1.34. The third kappa shape index (κ3) is 2.96. The molecule has 0 radical (unpaired) electrons. The minimum Gasteiger partial charge on any atom is -0.255 e. The Morgan fingerprint density at radius 3 is 2.35 bits per heavy atom. The second-order valence-corrected chi connectivity index (χ2v) is 8.43. The molecule has 1 N–H and O–H groups in total. The lowest BCUT2D eigenvalue weighted by atomic mass is 10.1. The van der Waals surface area contributed by atoms with Gasteiger partial charge in [-0.25, -0.2) is 13.4 Å². The van der Waals surface area contributed by atoms with Gasteiger partial charge >= 0.3 is 0 Å². The highest BCUT2D eigenvalue weighted by atomic mass is 32.2. The maximum atomic E-state index is 12.7. The summed E-state index contributed by atoms with van der Waals surface area (Å²) in [5, 5.41) is 0.395. The molecule has 1 aromatic heterocycles. The zero-order chi connectivity index (χ0) is 16.8. The molecular weight excluding hydrogens is 328 g/mol. The van der Waals surface area contributed by atoms with Crippen LogP contribution in [0.1, 0.15) is 22.3 Å². The summed E-state index contributed by atoms with van der Waals surface area (Å²) in [5.41, 5.74) is 4.64. The van der Waals surface area contributed by atoms with Crippen LogP contribution in [-0.4, -0.2) is 13.4 Å². The number of fused-ring (bicyclic) bond motifs is 1. The lowest BCUT2D eigenvalue weighted by molar-refractivity contribution is 0.600. The molecule has 4 nitrogen and oxygen atoms in total. The van der Waals surface area contributed by atoms with Gasteiger partial charge in [0.1, 0.15) is 0 Å². The minimum atomic E-state index is -3.65. The number of hydrogen-bond donors (Lipinski definition) is 1. The molecule has 0 aliphatic heterocycles. The highest BCUT2D eigenvalue weighted by Gasteiger charge is 2.20. The van der Waals surface area contributed by atoms with Gasteiger partial charge in [0, 0.05) is 0 Å². The van der Waals surface area contributed by atoms with Crippen LogP contribution in [0, 0.1) is 27.7 Å². The Bertz CT molecular complexity index is 1000. The maximum absolute atomic E-state index is 12.7. The molecule has 6 heteroatoms. The quantitative estimate of drug-likeness (QED) is 0.768. The van der Waals surface area contributed by atoms with Crippen molar-refractivity contribution in [2.45, 2.75) is 32.6 Å². The molecule has 2 aromatic carbocycles. The van der Waals surface area contributed by atoms with Crippen LogP contribution in [-0.2, 0) is 10.0 Å². The van der Waals surface area contributed by atoms with E-state index in [1.54, 1.807) is 6.07 Å². The SMILES string of the molecule is Cc1cc(C)c(S(=O)(=O)Nc2nc3c(C)cccc3s2)cc1C. The van der Waals surface area contributed by atoms with Crippen LogP contribution >= 0.6 is 11.3 Å². The van der Waals surface area contributed by atoms with Gasteiger partial charge in [0.25, 0.3) is 10.0 Å². The highest BCUT2D eigenvalue weighted by Crippen LogP contribution is 2.30. The Labute approximate surface area is 140 Å². The second kappa shape index (κ2) is 5.62. The average molecular weight is 346 g/mol. The van der Waals surface area contributed by atoms with Crippen molar-refractivity contribution in [3.05, 3.63) is 52.6 Å². The van der Waals surface area contributed by atoms with Crippen molar-refractivity contribution >= 4 is 36.7 Å². The molecule has 3 aromatic rings. The molecule has 0 saturated carbocycles. The smallest absolute Gasteiger partial charge is 0.255 e. The first-order chi connectivity index (χ1) is 10.8. The van der Waals surface area contributed by atoms with Crippen molar-refractivity contribution in [1.82, 2.24) is 4.98 Å². The van der Waals surface area contributed by atoms with Gasteiger partial charge in [-0.2, -0.15) is 0 Å². The zero-order valence-electron chi connectivity index (χ0n) is 13.5. The molecule has 0 aliphatic carbocycles. The topological polar surface area (TPSA) is 59.1 Å². The number of aryl methyl sites for hydroxylation is 4. The van der Waals surface area contributed by atoms with Crippen LogP contribution in [0.25, 0.3) is 10.2 Å². The Morgan fingerprint density at radius 2 is 1.65 bits per heavy atom. The van der Waals surface area contributed by atoms with Crippen molar-refractivity contribution in [3.63, 3.8) is 0 Å². The number of hydrogen-bond acceptors (Lipinski definition) is 4. The third-order valence-electron chi connectivity index (χ3n) is 3.92. The van der Waals surface area contributed by atoms with E-state index in [4.69, 9.17) is 0 Å². The van der Waals surface area contributed by atoms with E-state index in [2.05, 4.69) is 9.71 Å². The Morgan fingerprint density at radius 1 is 0.957 bits per heavy atom. The molecule has 0 aliphatic rings. The predicted octanol–water partition coefficient (Wildman–Crippen LogP) is 4.33. The van der Waals surface area contributed by atoms with Crippen molar-refractivity contribution in [1.29, 1.82) is 0 Å². The number of sulfonamides is 1. The molecule has 1 heterocycles. The Balaban J connectivity index is 2.03. The molecule has 0 unspecified atom stereocenters. The zero-order valence-corrected chi connectivity index (χ0v) is 15.1. The molecule has 3 rings (SSSR count). The van der Waals surface area contributed by atoms with Crippen molar-refractivity contribution in [2.24, 2.45) is 0 Å². The number of rotatable bonds is 3. The fourth-order valence-corrected chi connectivity index (χ4v) is 5.01. The standard InChI is InChI=1S/C17H18N2O2S2/c1-10-6-5-7-14-16(10)18-17(22-14)19-23(20,21)15-9-12(3)11(2)8-13(15)4/h5-9H,1-4H3,(H,18,19). The first kappa shape index (κ1) is 16.0. The van der Waals surface area contributed by atoms with E-state index in [1.807, 2.05) is 52.0 Å². The molecule has 0 atom stereocenters. The summed E-state index contributed by atoms with van der Waals surface area (Å²) in [6, 6.07) is 9.46. The minimum absolute atomic E-state index is 0.302. The number of thiazole rings is 1. The molecule has 0 spiro atoms. The van der Waals surface area contributed by atoms with Crippen molar-refractivity contribution in [3.8, 4) is 0 Å². The molecule has 0 fully saturated rings. The van der Waals surface area contributed by atoms with Crippen LogP contribution in [0.4, 0.5) is 5.13 Å². The number of anilines is 1. The van der Waals surface area contributed by atoms with Gasteiger partial charge in [-0.3, -0.25) is 4.72 Å². The van der Waals surface area contributed by atoms with Crippen LogP contribution in [0.3, 0.4) is 0 Å². The number of nitrogens with one attached hydrogen (secondary N) is 1. The summed E-state index contributed by atoms with van der Waals surface area (Å²) in [7, 11) is -3.65. The molecule has 0 saturated heterocycles. The summed E-state index contributed by atoms with van der Waals surface area (Å²) in [6.45, 7) is 7.66. The monoisotopic (exact) mass is 346 g/mol. The van der Waals surface area contributed by atoms with E-state index in [9.17, 15) is 8.42 Å². The number of aromatic nitrogens is 1. The largest absolute Gasteiger partial charge is 0.263 e. The molecule has 0 amide bonds. The number of nitrogens with zero attached hydrogens (tertiary/aromatic N) is 1. The van der Waals surface area contributed by atoms with E-state index < -0.39 is 10.0 Å². The molecule has 23 heavy (non-hydrogen) atoms. The van der Waals surface area contributed by atoms with E-state index >= 15 is 0 Å². The van der Waals surface area contributed by atoms with Gasteiger partial charge in [0.15, 0.2) is 5.13 Å². The Kier molecular flexibility index (Phi) is 3.90. The first-order valence-electron chi connectivity index (χ1n) is 7.25. The first-order valence-corrected chi connectivity index (χ1v) is 9.55. The predicted molar refractivity (Wildman–Crippen MR) is 95.8 cm³/mol. The summed E-state index contributed by atoms with van der Waals surface area (Å²) in [4.78, 5) is 4.72. The van der Waals surface area contributed by atoms with Gasteiger partial charge in [-0.1, -0.05) is 29.5 Å². The van der Waals surface area contributed by atoms with Crippen LogP contribution in [0.5, 0.6) is 0 Å². The third-order valence-corrected chi connectivity index (χ3v) is 6.47. The lowest BCUT2D eigenvalue weighted by Gasteiger charge is -2.11. The maximum Gasteiger partial charge on any atom is 0.263 e. The number of para-hydroxylation sites is 1. The lowest BCUT2D eigenvalue weighted by Crippen LogP contribution is -2.14. The normalized spacial score (nSPS) is 11.8. The van der Waals surface area contributed by atoms with Gasteiger partial charge in [0.05, 0.1) is 15.1 Å². The number of benzene rings is 2. The summed E-state index contributed by atoms with van der Waals surface area (Å²) in [5.74, 6) is 0. The van der Waals surface area contributed by atoms with Crippen molar-refractivity contribution < 1.29 is 8.42 Å². The molecule has 0 bridgehead atoms. The molecule has 120 valence electrons. The Hall–Kier alpha value is -1.92. The average Bonchev–Trinajstić information content (AvgIpc) is 2.85. The van der Waals surface area contributed by atoms with E-state index in [0.29, 0.717) is 10.0 Å². The van der Waals surface area contributed by atoms with E-state index in [1.165, 1.54) is 11.3 Å². The van der Waals surface area contributed by atoms with Crippen LogP contribution in [0.2, 0.25) is 0 Å². The molecular formula is C17H18N2O2S2. The summed E-state index contributed by atoms with van der Waals surface area (Å²) < 4.78 is 29.0. The van der Waals surface area contributed by atoms with E-state index in [-0.39, 0.29) is 0 Å². The van der Waals surface area contributed by atoms with Gasteiger partial charge in [-0.15, -0.1) is 0 Å². The van der Waals surface area contributed by atoms with Gasteiger partial charge < -0.3 is 0 Å².